The van der Waals surface area contributed by atoms with Crippen LogP contribution in [0.5, 0.6) is 0 Å². The van der Waals surface area contributed by atoms with E-state index in [9.17, 15) is 20.0 Å². The number of methoxy groups -OCH3 is 1. The molecule has 1 rings (SSSR count). The fourth-order valence-electron chi connectivity index (χ4n) is 1.46. The number of carboxylic acid groups (broad SMARTS) is 1. The Morgan fingerprint density at radius 1 is 1.58 bits per heavy atom. The number of aliphatic hydroxyl groups is 1. The fourth-order valence-corrected chi connectivity index (χ4v) is 1.46. The van der Waals surface area contributed by atoms with Gasteiger partial charge in [0.15, 0.2) is 0 Å². The summed E-state index contributed by atoms with van der Waals surface area (Å²) < 4.78 is 4.72. The number of nitrogens with one attached hydrogen (secondary N) is 1. The molecule has 19 heavy (non-hydrogen) atoms. The van der Waals surface area contributed by atoms with Crippen LogP contribution in [-0.4, -0.2) is 47.5 Å². The largest absolute Gasteiger partial charge is 0.478 e. The number of carboxylic acids is 1. The number of benzene rings is 1. The summed E-state index contributed by atoms with van der Waals surface area (Å²) in [5, 5.41) is 31.7. The van der Waals surface area contributed by atoms with Gasteiger partial charge in [-0.15, -0.1) is 0 Å². The van der Waals surface area contributed by atoms with E-state index in [1.165, 1.54) is 7.11 Å². The maximum absolute atomic E-state index is 11.0. The normalized spacial score (nSPS) is 11.9. The van der Waals surface area contributed by atoms with Crippen molar-refractivity contribution in [2.75, 3.05) is 25.6 Å². The van der Waals surface area contributed by atoms with Gasteiger partial charge in [-0.25, -0.2) is 4.79 Å². The third-order valence-corrected chi connectivity index (χ3v) is 2.33. The molecule has 0 fully saturated rings. The second kappa shape index (κ2) is 6.66. The molecule has 0 radical (unpaired) electrons. The molecule has 8 heteroatoms. The Kier molecular flexibility index (Phi) is 5.22. The third kappa shape index (κ3) is 4.19. The van der Waals surface area contributed by atoms with E-state index in [4.69, 9.17) is 9.84 Å². The number of hydrogen-bond donors (Lipinski definition) is 3. The lowest BCUT2D eigenvalue weighted by molar-refractivity contribution is -0.384. The molecule has 1 aromatic rings. The first-order chi connectivity index (χ1) is 8.95. The number of rotatable bonds is 7. The summed E-state index contributed by atoms with van der Waals surface area (Å²) >= 11 is 0. The molecule has 0 amide bonds. The molecule has 0 heterocycles. The highest BCUT2D eigenvalue weighted by Gasteiger charge is 2.16. The lowest BCUT2D eigenvalue weighted by Crippen LogP contribution is -2.24. The van der Waals surface area contributed by atoms with Crippen molar-refractivity contribution in [3.8, 4) is 0 Å². The number of aromatic carboxylic acids is 1. The topological polar surface area (TPSA) is 122 Å². The van der Waals surface area contributed by atoms with Crippen LogP contribution in [0.25, 0.3) is 0 Å². The zero-order valence-corrected chi connectivity index (χ0v) is 10.2. The standard InChI is InChI=1S/C11H14N2O6/c1-19-6-8(14)5-12-10-4-7(13(17)18)2-3-9(10)11(15)16/h2-4,8,12,14H,5-6H2,1H3,(H,15,16). The van der Waals surface area contributed by atoms with Crippen LogP contribution in [-0.2, 0) is 4.74 Å². The Labute approximate surface area is 108 Å². The molecular formula is C11H14N2O6. The monoisotopic (exact) mass is 270 g/mol. The molecule has 8 nitrogen and oxygen atoms in total. The Balaban J connectivity index is 2.91. The van der Waals surface area contributed by atoms with Crippen LogP contribution in [0.1, 0.15) is 10.4 Å². The van der Waals surface area contributed by atoms with E-state index < -0.39 is 17.0 Å². The molecule has 0 saturated carbocycles. The van der Waals surface area contributed by atoms with Crippen molar-refractivity contribution in [1.29, 1.82) is 0 Å². The average Bonchev–Trinajstić information content (AvgIpc) is 2.36. The number of non-ortho nitro benzene ring substituents is 1. The molecule has 104 valence electrons. The van der Waals surface area contributed by atoms with E-state index in [1.807, 2.05) is 0 Å². The van der Waals surface area contributed by atoms with Crippen molar-refractivity contribution in [2.45, 2.75) is 6.10 Å². The average molecular weight is 270 g/mol. The molecule has 0 aliphatic carbocycles. The van der Waals surface area contributed by atoms with Crippen LogP contribution >= 0.6 is 0 Å². The van der Waals surface area contributed by atoms with Crippen LogP contribution in [0.4, 0.5) is 11.4 Å². The van der Waals surface area contributed by atoms with Crippen LogP contribution in [0.3, 0.4) is 0 Å². The zero-order chi connectivity index (χ0) is 14.4. The maximum Gasteiger partial charge on any atom is 0.337 e. The summed E-state index contributed by atoms with van der Waals surface area (Å²) in [6, 6.07) is 3.37. The van der Waals surface area contributed by atoms with E-state index in [1.54, 1.807) is 0 Å². The number of ether oxygens (including phenoxy) is 1. The molecule has 1 unspecified atom stereocenters. The van der Waals surface area contributed by atoms with Crippen LogP contribution in [0, 0.1) is 10.1 Å². The van der Waals surface area contributed by atoms with Crippen LogP contribution in [0.15, 0.2) is 18.2 Å². The number of nitro benzene ring substituents is 1. The van der Waals surface area contributed by atoms with Crippen molar-refractivity contribution < 1.29 is 24.7 Å². The van der Waals surface area contributed by atoms with Gasteiger partial charge in [0.1, 0.15) is 0 Å². The Morgan fingerprint density at radius 2 is 2.26 bits per heavy atom. The van der Waals surface area contributed by atoms with Gasteiger partial charge in [0.25, 0.3) is 5.69 Å². The van der Waals surface area contributed by atoms with E-state index in [2.05, 4.69) is 5.32 Å². The quantitative estimate of drug-likeness (QED) is 0.492. The van der Waals surface area contributed by atoms with Gasteiger partial charge < -0.3 is 20.3 Å². The lowest BCUT2D eigenvalue weighted by Gasteiger charge is -2.13. The number of carbonyl (C=O) groups is 1. The maximum atomic E-state index is 11.0. The molecule has 0 saturated heterocycles. The summed E-state index contributed by atoms with van der Waals surface area (Å²) in [7, 11) is 1.42. The second-order valence-electron chi connectivity index (χ2n) is 3.78. The molecule has 1 aromatic carbocycles. The summed E-state index contributed by atoms with van der Waals surface area (Å²) in [5.41, 5.74) is -0.249. The number of hydrogen-bond acceptors (Lipinski definition) is 6. The second-order valence-corrected chi connectivity index (χ2v) is 3.78. The lowest BCUT2D eigenvalue weighted by atomic mass is 10.1. The Hall–Kier alpha value is -2.19. The number of nitrogens with zero attached hydrogens (tertiary/aromatic N) is 1. The SMILES string of the molecule is COCC(O)CNc1cc([N+](=O)[O-])ccc1C(=O)O. The summed E-state index contributed by atoms with van der Waals surface area (Å²) in [6.07, 6.45) is -0.842. The van der Waals surface area contributed by atoms with Gasteiger partial charge in [0.2, 0.25) is 0 Å². The summed E-state index contributed by atoms with van der Waals surface area (Å²) in [4.78, 5) is 21.0. The molecule has 3 N–H and O–H groups in total. The first-order valence-corrected chi connectivity index (χ1v) is 5.38. The predicted molar refractivity (Wildman–Crippen MR) is 66.4 cm³/mol. The fraction of sp³-hybridized carbons (Fsp3) is 0.364. The molecule has 0 aromatic heterocycles. The molecule has 0 spiro atoms. The van der Waals surface area contributed by atoms with Gasteiger partial charge in [0.05, 0.1) is 28.9 Å². The molecule has 1 atom stereocenters. The van der Waals surface area contributed by atoms with Gasteiger partial charge in [-0.1, -0.05) is 0 Å². The van der Waals surface area contributed by atoms with Crippen molar-refractivity contribution >= 4 is 17.3 Å². The molecular weight excluding hydrogens is 256 g/mol. The van der Waals surface area contributed by atoms with Crippen LogP contribution < -0.4 is 5.32 Å². The van der Waals surface area contributed by atoms with Gasteiger partial charge in [0, 0.05) is 25.8 Å². The highest BCUT2D eigenvalue weighted by molar-refractivity contribution is 5.94. The first kappa shape index (κ1) is 14.9. The summed E-state index contributed by atoms with van der Waals surface area (Å²) in [5.74, 6) is -1.21. The molecule has 0 aliphatic rings. The number of anilines is 1. The van der Waals surface area contributed by atoms with Gasteiger partial charge in [-0.3, -0.25) is 10.1 Å². The van der Waals surface area contributed by atoms with Gasteiger partial charge in [-0.05, 0) is 6.07 Å². The Bertz CT molecular complexity index is 476. The third-order valence-electron chi connectivity index (χ3n) is 2.33. The number of aliphatic hydroxyl groups excluding tert-OH is 1. The van der Waals surface area contributed by atoms with Crippen molar-refractivity contribution in [1.82, 2.24) is 0 Å². The summed E-state index contributed by atoms with van der Waals surface area (Å²) in [6.45, 7) is 0.0968. The van der Waals surface area contributed by atoms with E-state index >= 15 is 0 Å². The molecule has 0 bridgehead atoms. The predicted octanol–water partition coefficient (Wildman–Crippen LogP) is 0.712. The highest BCUT2D eigenvalue weighted by atomic mass is 16.6. The molecule has 0 aliphatic heterocycles. The Morgan fingerprint density at radius 3 is 2.79 bits per heavy atom. The van der Waals surface area contributed by atoms with E-state index in [0.717, 1.165) is 18.2 Å². The zero-order valence-electron chi connectivity index (χ0n) is 10.2. The van der Waals surface area contributed by atoms with E-state index in [0.29, 0.717) is 0 Å². The minimum Gasteiger partial charge on any atom is -0.478 e. The van der Waals surface area contributed by atoms with Crippen LogP contribution in [0.2, 0.25) is 0 Å². The van der Waals surface area contributed by atoms with Crippen molar-refractivity contribution in [3.63, 3.8) is 0 Å². The highest BCUT2D eigenvalue weighted by Crippen LogP contribution is 2.22. The van der Waals surface area contributed by atoms with Gasteiger partial charge >= 0.3 is 5.97 Å². The minimum absolute atomic E-state index is 0.0231. The van der Waals surface area contributed by atoms with E-state index in [-0.39, 0.29) is 30.1 Å². The van der Waals surface area contributed by atoms with Gasteiger partial charge in [-0.2, -0.15) is 0 Å². The smallest absolute Gasteiger partial charge is 0.337 e. The minimum atomic E-state index is -1.21. The number of nitro groups is 1. The van der Waals surface area contributed by atoms with Crippen molar-refractivity contribution in [3.05, 3.63) is 33.9 Å². The first-order valence-electron chi connectivity index (χ1n) is 5.38. The van der Waals surface area contributed by atoms with Crippen molar-refractivity contribution in [2.24, 2.45) is 0 Å².